The van der Waals surface area contributed by atoms with E-state index in [4.69, 9.17) is 9.47 Å². The first-order chi connectivity index (χ1) is 12.6. The number of aromatic nitrogens is 1. The van der Waals surface area contributed by atoms with Crippen molar-refractivity contribution in [1.29, 1.82) is 0 Å². The van der Waals surface area contributed by atoms with Crippen molar-refractivity contribution in [3.05, 3.63) is 63.0 Å². The van der Waals surface area contributed by atoms with E-state index in [-0.39, 0.29) is 24.5 Å². The molecule has 6 nitrogen and oxygen atoms in total. The van der Waals surface area contributed by atoms with Crippen LogP contribution in [0.2, 0.25) is 0 Å². The van der Waals surface area contributed by atoms with Crippen LogP contribution in [-0.2, 0) is 16.0 Å². The minimum Gasteiger partial charge on any atom is -0.505 e. The molecule has 0 unspecified atom stereocenters. The Labute approximate surface area is 154 Å². The number of ether oxygens (including phenoxy) is 2. The highest BCUT2D eigenvalue weighted by atomic mass is 32.1. The van der Waals surface area contributed by atoms with Crippen LogP contribution in [0, 0.1) is 0 Å². The molecule has 1 aliphatic rings. The van der Waals surface area contributed by atoms with Crippen LogP contribution in [0.5, 0.6) is 5.75 Å². The van der Waals surface area contributed by atoms with Gasteiger partial charge in [-0.2, -0.15) is 0 Å². The summed E-state index contributed by atoms with van der Waals surface area (Å²) in [6, 6.07) is 1.76. The highest BCUT2D eigenvalue weighted by Crippen LogP contribution is 2.32. The van der Waals surface area contributed by atoms with Gasteiger partial charge < -0.3 is 19.1 Å². The van der Waals surface area contributed by atoms with E-state index in [1.54, 1.807) is 25.5 Å². The number of esters is 1. The number of aromatic hydroxyl groups is 1. The number of carbonyl (C=O) groups excluding carboxylic acids is 1. The number of thiophene rings is 1. The van der Waals surface area contributed by atoms with E-state index in [1.165, 1.54) is 15.9 Å². The molecule has 2 heterocycles. The summed E-state index contributed by atoms with van der Waals surface area (Å²) in [5.41, 5.74) is 0.605. The van der Waals surface area contributed by atoms with Gasteiger partial charge in [-0.3, -0.25) is 4.79 Å². The normalized spacial score (nSPS) is 13.9. The van der Waals surface area contributed by atoms with E-state index in [9.17, 15) is 14.7 Å². The molecule has 0 radical (unpaired) electrons. The highest BCUT2D eigenvalue weighted by molar-refractivity contribution is 7.17. The number of hydrogen-bond donors (Lipinski definition) is 1. The maximum Gasteiger partial charge on any atom is 0.347 e. The Balaban J connectivity index is 2.09. The van der Waals surface area contributed by atoms with Crippen LogP contribution >= 0.6 is 11.3 Å². The lowest BCUT2D eigenvalue weighted by Crippen LogP contribution is -2.28. The van der Waals surface area contributed by atoms with Crippen LogP contribution in [0.3, 0.4) is 0 Å². The molecule has 0 aliphatic heterocycles. The average Bonchev–Trinajstić information content (AvgIpc) is 3.00. The van der Waals surface area contributed by atoms with Gasteiger partial charge in [-0.1, -0.05) is 12.2 Å². The van der Waals surface area contributed by atoms with Crippen molar-refractivity contribution in [1.82, 2.24) is 4.57 Å². The lowest BCUT2D eigenvalue weighted by atomic mass is 10.2. The molecule has 26 heavy (non-hydrogen) atoms. The van der Waals surface area contributed by atoms with Gasteiger partial charge in [0.2, 0.25) is 0 Å². The predicted octanol–water partition coefficient (Wildman–Crippen LogP) is 3.36. The van der Waals surface area contributed by atoms with Crippen molar-refractivity contribution in [2.45, 2.75) is 19.9 Å². The molecule has 1 N–H and O–H groups in total. The Hall–Kier alpha value is -2.80. The Morgan fingerprint density at radius 3 is 2.88 bits per heavy atom. The predicted molar refractivity (Wildman–Crippen MR) is 101 cm³/mol. The van der Waals surface area contributed by atoms with Crippen LogP contribution in [0.1, 0.15) is 23.7 Å². The quantitative estimate of drug-likeness (QED) is 0.813. The topological polar surface area (TPSA) is 77.8 Å². The van der Waals surface area contributed by atoms with Crippen molar-refractivity contribution in [2.24, 2.45) is 0 Å². The summed E-state index contributed by atoms with van der Waals surface area (Å²) < 4.78 is 12.2. The van der Waals surface area contributed by atoms with Crippen molar-refractivity contribution >= 4 is 27.5 Å². The van der Waals surface area contributed by atoms with Crippen LogP contribution in [0.4, 0.5) is 0 Å². The summed E-state index contributed by atoms with van der Waals surface area (Å²) in [5.74, 6) is -0.376. The van der Waals surface area contributed by atoms with Gasteiger partial charge in [0, 0.05) is 0 Å². The van der Waals surface area contributed by atoms with Gasteiger partial charge in [-0.05, 0) is 42.5 Å². The van der Waals surface area contributed by atoms with E-state index < -0.39 is 11.5 Å². The third kappa shape index (κ3) is 3.30. The number of fused-ring (bicyclic) bond motifs is 1. The maximum atomic E-state index is 12.9. The van der Waals surface area contributed by atoms with Crippen molar-refractivity contribution < 1.29 is 19.4 Å². The van der Waals surface area contributed by atoms with Crippen LogP contribution in [0.15, 0.2) is 51.9 Å². The molecule has 0 atom stereocenters. The van der Waals surface area contributed by atoms with Gasteiger partial charge in [0.25, 0.3) is 5.56 Å². The second kappa shape index (κ2) is 7.61. The fourth-order valence-electron chi connectivity index (χ4n) is 2.80. The van der Waals surface area contributed by atoms with E-state index in [0.717, 1.165) is 11.3 Å². The van der Waals surface area contributed by atoms with E-state index >= 15 is 0 Å². The fraction of sp³-hybridized carbons (Fsp3) is 0.263. The summed E-state index contributed by atoms with van der Waals surface area (Å²) in [7, 11) is 1.60. The third-order valence-electron chi connectivity index (χ3n) is 4.06. The summed E-state index contributed by atoms with van der Waals surface area (Å²) in [6.07, 6.45) is 8.32. The molecule has 0 bridgehead atoms. The van der Waals surface area contributed by atoms with E-state index in [1.807, 2.05) is 24.3 Å². The van der Waals surface area contributed by atoms with Crippen LogP contribution in [0.25, 0.3) is 10.2 Å². The summed E-state index contributed by atoms with van der Waals surface area (Å²) >= 11 is 1.27. The first kappa shape index (κ1) is 18.0. The average molecular weight is 373 g/mol. The lowest BCUT2D eigenvalue weighted by Gasteiger charge is -2.12. The zero-order chi connectivity index (χ0) is 18.7. The summed E-state index contributed by atoms with van der Waals surface area (Å²) in [6.45, 7) is 2.05. The molecule has 7 heteroatoms. The zero-order valence-electron chi connectivity index (χ0n) is 14.5. The van der Waals surface area contributed by atoms with E-state index in [2.05, 4.69) is 0 Å². The second-order valence-corrected chi connectivity index (χ2v) is 6.55. The molecular formula is C19H19NO5S. The second-order valence-electron chi connectivity index (χ2n) is 5.63. The van der Waals surface area contributed by atoms with Crippen LogP contribution < -0.4 is 5.56 Å². The molecular weight excluding hydrogens is 354 g/mol. The Morgan fingerprint density at radius 1 is 1.35 bits per heavy atom. The van der Waals surface area contributed by atoms with Crippen molar-refractivity contribution in [3.8, 4) is 5.75 Å². The molecule has 0 saturated carbocycles. The number of nitrogens with zero attached hydrogens (tertiary/aromatic N) is 1. The minimum absolute atomic E-state index is 0.125. The van der Waals surface area contributed by atoms with Crippen molar-refractivity contribution in [3.63, 3.8) is 0 Å². The zero-order valence-corrected chi connectivity index (χ0v) is 15.3. The number of methoxy groups -OCH3 is 1. The largest absolute Gasteiger partial charge is 0.505 e. The number of allylic oxidation sites excluding steroid dienone is 5. The molecule has 0 saturated heterocycles. The number of hydrogen-bond acceptors (Lipinski definition) is 6. The minimum atomic E-state index is -0.812. The SMILES string of the molecule is CCOC(=O)c1c(O)c2sccc2n(CC2=CCC=C(OC)C=C2)c1=O. The smallest absolute Gasteiger partial charge is 0.347 e. The number of rotatable bonds is 5. The molecule has 3 rings (SSSR count). The highest BCUT2D eigenvalue weighted by Gasteiger charge is 2.24. The third-order valence-corrected chi connectivity index (χ3v) is 4.97. The lowest BCUT2D eigenvalue weighted by molar-refractivity contribution is 0.0520. The fourth-order valence-corrected chi connectivity index (χ4v) is 3.64. The number of carbonyl (C=O) groups is 1. The molecule has 0 fully saturated rings. The first-order valence-corrected chi connectivity index (χ1v) is 9.06. The molecule has 2 aromatic heterocycles. The Morgan fingerprint density at radius 2 is 2.15 bits per heavy atom. The van der Waals surface area contributed by atoms with Gasteiger partial charge in [0.1, 0.15) is 5.76 Å². The van der Waals surface area contributed by atoms with Crippen LogP contribution in [-0.4, -0.2) is 29.4 Å². The van der Waals surface area contributed by atoms with Gasteiger partial charge >= 0.3 is 5.97 Å². The monoisotopic (exact) mass is 373 g/mol. The number of pyridine rings is 1. The molecule has 2 aromatic rings. The summed E-state index contributed by atoms with van der Waals surface area (Å²) in [5, 5.41) is 12.2. The van der Waals surface area contributed by atoms with Gasteiger partial charge in [0.05, 0.1) is 30.5 Å². The molecule has 0 aromatic carbocycles. The molecule has 0 amide bonds. The molecule has 0 spiro atoms. The first-order valence-electron chi connectivity index (χ1n) is 8.18. The van der Waals surface area contributed by atoms with E-state index in [0.29, 0.717) is 16.6 Å². The standard InChI is InChI=1S/C19H19NO5S/c1-3-25-19(23)15-16(21)17-14(9-10-26-17)20(18(15)22)11-12-5-4-6-13(24-2)8-7-12/h5-10,21H,3-4,11H2,1-2H3. The van der Waals surface area contributed by atoms with Crippen molar-refractivity contribution in [2.75, 3.05) is 13.7 Å². The van der Waals surface area contributed by atoms with Gasteiger partial charge in [-0.15, -0.1) is 11.3 Å². The molecule has 136 valence electrons. The summed E-state index contributed by atoms with van der Waals surface area (Å²) in [4.78, 5) is 25.1. The Kier molecular flexibility index (Phi) is 5.27. The molecule has 1 aliphatic carbocycles. The Bertz CT molecular complexity index is 993. The van der Waals surface area contributed by atoms with Gasteiger partial charge in [0.15, 0.2) is 11.3 Å². The maximum absolute atomic E-state index is 12.9. The van der Waals surface area contributed by atoms with Gasteiger partial charge in [-0.25, -0.2) is 4.79 Å².